The minimum atomic E-state index is 0.515. The van der Waals surface area contributed by atoms with Crippen molar-refractivity contribution in [2.45, 2.75) is 79.3 Å². The maximum absolute atomic E-state index is 3.62. The van der Waals surface area contributed by atoms with E-state index in [1.54, 1.807) is 0 Å². The van der Waals surface area contributed by atoms with E-state index in [2.05, 4.69) is 51.8 Å². The van der Waals surface area contributed by atoms with Gasteiger partial charge in [-0.2, -0.15) is 0 Å². The Bertz CT molecular complexity index is 303. The maximum Gasteiger partial charge on any atom is 0.0106 e. The average Bonchev–Trinajstić information content (AvgIpc) is 2.70. The Morgan fingerprint density at radius 1 is 1.10 bits per heavy atom. The first-order valence-corrected chi connectivity index (χ1v) is 8.64. The van der Waals surface area contributed by atoms with Crippen molar-refractivity contribution in [2.75, 3.05) is 19.6 Å². The molecule has 1 saturated heterocycles. The molecule has 0 bridgehead atoms. The minimum Gasteiger partial charge on any atom is -0.314 e. The van der Waals surface area contributed by atoms with Gasteiger partial charge in [-0.3, -0.25) is 0 Å². The van der Waals surface area contributed by atoms with E-state index in [1.165, 1.54) is 45.3 Å². The largest absolute Gasteiger partial charge is 0.314 e. The molecule has 0 aromatic carbocycles. The lowest BCUT2D eigenvalue weighted by molar-refractivity contribution is 0.0330. The molecule has 2 fully saturated rings. The maximum atomic E-state index is 3.62. The van der Waals surface area contributed by atoms with E-state index in [0.29, 0.717) is 16.9 Å². The molecule has 0 spiro atoms. The van der Waals surface area contributed by atoms with Crippen molar-refractivity contribution in [3.05, 3.63) is 0 Å². The molecule has 1 atom stereocenters. The summed E-state index contributed by atoms with van der Waals surface area (Å²) in [6.45, 7) is 18.2. The molecule has 0 aromatic rings. The molecule has 2 aliphatic rings. The van der Waals surface area contributed by atoms with Crippen LogP contribution in [0.1, 0.15) is 67.2 Å². The average molecular weight is 281 g/mol. The monoisotopic (exact) mass is 280 g/mol. The highest BCUT2D eigenvalue weighted by Crippen LogP contribution is 2.47. The van der Waals surface area contributed by atoms with Gasteiger partial charge in [-0.15, -0.1) is 0 Å². The van der Waals surface area contributed by atoms with Gasteiger partial charge in [-0.1, -0.05) is 41.5 Å². The Morgan fingerprint density at radius 3 is 2.25 bits per heavy atom. The van der Waals surface area contributed by atoms with Crippen LogP contribution in [-0.4, -0.2) is 36.6 Å². The summed E-state index contributed by atoms with van der Waals surface area (Å²) in [6.07, 6.45) is 5.54. The van der Waals surface area contributed by atoms with E-state index in [1.807, 2.05) is 0 Å². The first-order chi connectivity index (χ1) is 9.17. The van der Waals surface area contributed by atoms with Crippen LogP contribution in [0, 0.1) is 16.7 Å². The van der Waals surface area contributed by atoms with Gasteiger partial charge in [0.05, 0.1) is 0 Å². The highest BCUT2D eigenvalue weighted by Gasteiger charge is 2.41. The van der Waals surface area contributed by atoms with Gasteiger partial charge < -0.3 is 10.2 Å². The Hall–Kier alpha value is -0.0800. The van der Waals surface area contributed by atoms with Crippen LogP contribution in [0.4, 0.5) is 0 Å². The summed E-state index contributed by atoms with van der Waals surface area (Å²) in [7, 11) is 0. The second kappa shape index (κ2) is 5.96. The lowest BCUT2D eigenvalue weighted by Gasteiger charge is -2.48. The fourth-order valence-corrected chi connectivity index (χ4v) is 4.81. The third kappa shape index (κ3) is 4.46. The SMILES string of the molecule is CC(C)NCC1CCN(C2CC(C)(C)CC(C)(C)C2)C1. The van der Waals surface area contributed by atoms with Gasteiger partial charge in [0, 0.05) is 18.6 Å². The van der Waals surface area contributed by atoms with Crippen molar-refractivity contribution in [3.63, 3.8) is 0 Å². The number of hydrogen-bond donors (Lipinski definition) is 1. The van der Waals surface area contributed by atoms with Crippen LogP contribution < -0.4 is 5.32 Å². The number of hydrogen-bond acceptors (Lipinski definition) is 2. The third-order valence-corrected chi connectivity index (χ3v) is 5.18. The van der Waals surface area contributed by atoms with Gasteiger partial charge >= 0.3 is 0 Å². The Balaban J connectivity index is 1.89. The van der Waals surface area contributed by atoms with Crippen molar-refractivity contribution in [3.8, 4) is 0 Å². The van der Waals surface area contributed by atoms with Gasteiger partial charge in [0.1, 0.15) is 0 Å². The highest BCUT2D eigenvalue weighted by atomic mass is 15.2. The summed E-state index contributed by atoms with van der Waals surface area (Å²) in [5.41, 5.74) is 1.03. The van der Waals surface area contributed by atoms with Gasteiger partial charge in [0.25, 0.3) is 0 Å². The standard InChI is InChI=1S/C18H36N2/c1-14(2)19-11-15-7-8-20(12-15)16-9-17(3,4)13-18(5,6)10-16/h14-16,19H,7-13H2,1-6H3. The molecule has 0 radical (unpaired) electrons. The quantitative estimate of drug-likeness (QED) is 0.840. The molecule has 2 heteroatoms. The van der Waals surface area contributed by atoms with E-state index in [0.717, 1.165) is 12.0 Å². The molecule has 1 unspecified atom stereocenters. The van der Waals surface area contributed by atoms with Crippen LogP contribution in [0.25, 0.3) is 0 Å². The molecule has 1 heterocycles. The number of rotatable bonds is 4. The summed E-state index contributed by atoms with van der Waals surface area (Å²) in [5, 5.41) is 3.62. The smallest absolute Gasteiger partial charge is 0.0106 e. The lowest BCUT2D eigenvalue weighted by Crippen LogP contribution is -2.45. The molecule has 1 N–H and O–H groups in total. The summed E-state index contributed by atoms with van der Waals surface area (Å²) in [5.74, 6) is 0.866. The summed E-state index contributed by atoms with van der Waals surface area (Å²) in [6, 6.07) is 1.44. The van der Waals surface area contributed by atoms with Crippen molar-refractivity contribution in [1.29, 1.82) is 0 Å². The predicted octanol–water partition coefficient (Wildman–Crippen LogP) is 3.91. The van der Waals surface area contributed by atoms with Crippen molar-refractivity contribution in [1.82, 2.24) is 10.2 Å². The first kappa shape index (κ1) is 16.3. The topological polar surface area (TPSA) is 15.3 Å². The molecule has 20 heavy (non-hydrogen) atoms. The Kier molecular flexibility index (Phi) is 4.86. The third-order valence-electron chi connectivity index (χ3n) is 5.18. The molecule has 1 saturated carbocycles. The predicted molar refractivity (Wildman–Crippen MR) is 88.0 cm³/mol. The van der Waals surface area contributed by atoms with Gasteiger partial charge in [-0.25, -0.2) is 0 Å². The Morgan fingerprint density at radius 2 is 1.70 bits per heavy atom. The molecule has 0 amide bonds. The van der Waals surface area contributed by atoms with Crippen molar-refractivity contribution >= 4 is 0 Å². The molecular weight excluding hydrogens is 244 g/mol. The van der Waals surface area contributed by atoms with Crippen LogP contribution in [-0.2, 0) is 0 Å². The van der Waals surface area contributed by atoms with E-state index < -0.39 is 0 Å². The zero-order valence-corrected chi connectivity index (χ0v) is 14.6. The van der Waals surface area contributed by atoms with Crippen molar-refractivity contribution in [2.24, 2.45) is 16.7 Å². The number of nitrogens with zero attached hydrogens (tertiary/aromatic N) is 1. The van der Waals surface area contributed by atoms with Crippen LogP contribution in [0.5, 0.6) is 0 Å². The second-order valence-corrected chi connectivity index (χ2v) is 9.28. The molecule has 1 aliphatic heterocycles. The molecular formula is C18H36N2. The van der Waals surface area contributed by atoms with Crippen LogP contribution in [0.15, 0.2) is 0 Å². The van der Waals surface area contributed by atoms with E-state index in [9.17, 15) is 0 Å². The minimum absolute atomic E-state index is 0.515. The molecule has 2 nitrogen and oxygen atoms in total. The van der Waals surface area contributed by atoms with Gasteiger partial charge in [-0.05, 0) is 55.5 Å². The van der Waals surface area contributed by atoms with E-state index >= 15 is 0 Å². The number of likely N-dealkylation sites (tertiary alicyclic amines) is 1. The fourth-order valence-electron chi connectivity index (χ4n) is 4.81. The molecule has 1 aliphatic carbocycles. The van der Waals surface area contributed by atoms with Gasteiger partial charge in [0.2, 0.25) is 0 Å². The van der Waals surface area contributed by atoms with Crippen LogP contribution in [0.3, 0.4) is 0 Å². The molecule has 2 rings (SSSR count). The van der Waals surface area contributed by atoms with Crippen LogP contribution in [0.2, 0.25) is 0 Å². The second-order valence-electron chi connectivity index (χ2n) is 9.28. The normalized spacial score (nSPS) is 31.1. The molecule has 0 aromatic heterocycles. The zero-order valence-electron chi connectivity index (χ0n) is 14.6. The fraction of sp³-hybridized carbons (Fsp3) is 1.00. The lowest BCUT2D eigenvalue weighted by atomic mass is 9.63. The zero-order chi connectivity index (χ0) is 15.0. The van der Waals surface area contributed by atoms with Crippen molar-refractivity contribution < 1.29 is 0 Å². The Labute approximate surface area is 126 Å². The van der Waals surface area contributed by atoms with E-state index in [4.69, 9.17) is 0 Å². The summed E-state index contributed by atoms with van der Waals surface area (Å²) >= 11 is 0. The number of nitrogens with one attached hydrogen (secondary N) is 1. The summed E-state index contributed by atoms with van der Waals surface area (Å²) < 4.78 is 0. The summed E-state index contributed by atoms with van der Waals surface area (Å²) in [4.78, 5) is 2.80. The van der Waals surface area contributed by atoms with Crippen LogP contribution >= 0.6 is 0 Å². The van der Waals surface area contributed by atoms with Gasteiger partial charge in [0.15, 0.2) is 0 Å². The van der Waals surface area contributed by atoms with E-state index in [-0.39, 0.29) is 0 Å². The molecule has 118 valence electrons. The first-order valence-electron chi connectivity index (χ1n) is 8.64. The highest BCUT2D eigenvalue weighted by molar-refractivity contribution is 4.95.